The molecule has 0 heterocycles. The van der Waals surface area contributed by atoms with Crippen molar-refractivity contribution in [2.24, 2.45) is 0 Å². The Bertz CT molecular complexity index is 2830. The van der Waals surface area contributed by atoms with E-state index in [0.29, 0.717) is 76.2 Å². The molecule has 0 bridgehead atoms. The van der Waals surface area contributed by atoms with E-state index >= 15 is 4.57 Å². The molecule has 0 aliphatic carbocycles. The number of hydrogen-bond acceptors (Lipinski definition) is 16. The molecular weight excluding hydrogens is 1330 g/mol. The van der Waals surface area contributed by atoms with Crippen molar-refractivity contribution in [3.8, 4) is 17.2 Å². The zero-order chi connectivity index (χ0) is 76.2. The van der Waals surface area contributed by atoms with Crippen molar-refractivity contribution in [1.82, 2.24) is 0 Å². The highest BCUT2D eigenvalue weighted by Crippen LogP contribution is 2.57. The van der Waals surface area contributed by atoms with E-state index in [1.54, 1.807) is 0 Å². The summed E-state index contributed by atoms with van der Waals surface area (Å²) >= 11 is 0. The Labute approximate surface area is 625 Å². The maximum Gasteiger partial charge on any atom is 0.647 e. The van der Waals surface area contributed by atoms with E-state index in [4.69, 9.17) is 42.0 Å². The maximum absolute atomic E-state index is 17.7. The van der Waals surface area contributed by atoms with Gasteiger partial charge in [0.15, 0.2) is 0 Å². The summed E-state index contributed by atoms with van der Waals surface area (Å²) in [6.45, 7) is 36.0. The number of ether oxygens (including phenoxy) is 6. The molecule has 0 amide bonds. The van der Waals surface area contributed by atoms with Gasteiger partial charge in [-0.3, -0.25) is 0 Å². The quantitative estimate of drug-likeness (QED) is 0.0170. The molecule has 578 valence electrons. The highest BCUT2D eigenvalue weighted by Gasteiger charge is 2.40. The van der Waals surface area contributed by atoms with Crippen LogP contribution in [0.15, 0.2) is 112 Å². The number of hydrogen-bond donors (Lipinski definition) is 0. The molecule has 0 aliphatic heterocycles. The van der Waals surface area contributed by atoms with Gasteiger partial charge in [-0.25, -0.2) is 28.8 Å². The Morgan fingerprint density at radius 3 is 0.635 bits per heavy atom. The van der Waals surface area contributed by atoms with Crippen LogP contribution < -0.4 is 13.6 Å². The fourth-order valence-corrected chi connectivity index (χ4v) is 14.1. The van der Waals surface area contributed by atoms with Crippen LogP contribution in [0.3, 0.4) is 0 Å². The van der Waals surface area contributed by atoms with Crippen LogP contribution in [0.1, 0.15) is 302 Å². The third kappa shape index (κ3) is 37.5. The number of carbonyl (C=O) groups excluding carboxylic acids is 6. The largest absolute Gasteiger partial charge is 0.647 e. The fourth-order valence-electron chi connectivity index (χ4n) is 12.7. The summed E-state index contributed by atoms with van der Waals surface area (Å²) in [5.74, 6) is -1.19. The van der Waals surface area contributed by atoms with Gasteiger partial charge in [-0.05, 0) is 183 Å². The minimum Gasteiger partial charge on any atom is -0.463 e. The van der Waals surface area contributed by atoms with E-state index in [1.165, 1.54) is 36.5 Å². The summed E-state index contributed by atoms with van der Waals surface area (Å²) in [7, 11) is -4.87. The molecule has 0 atom stereocenters. The number of aryl methyl sites for hydroxylation is 3. The van der Waals surface area contributed by atoms with Crippen LogP contribution >= 0.6 is 7.82 Å². The standard InChI is InChI=1S/C87H129O16P/c1-13-79(88)95-61-43-31-19-25-37-49-70-55-58-73(67(7)8)85(76(70)52-40-28-22-34-46-64-98-82(91)16-4)101-104(94,102-86-74(68(9)10)59-56-71(50-38-26-20-32-44-62-96-80(89)14-2)77(86)53-41-29-23-35-47-65-99-83(92)17-5)103-87-75(69(11)12)60-57-72(51-39-27-21-33-45-63-97-81(90)15-3)78(87)54-42-30-24-36-48-66-100-84(93)18-6/h13-18,55-60,67-69H,1-6,19-54,61-66H2,7-12H3. The van der Waals surface area contributed by atoms with E-state index in [-0.39, 0.29) is 17.8 Å². The molecule has 0 spiro atoms. The Hall–Kier alpha value is -7.45. The molecule has 16 nitrogen and oxygen atoms in total. The van der Waals surface area contributed by atoms with E-state index in [1.807, 2.05) is 0 Å². The molecule has 0 aromatic heterocycles. The zero-order valence-electron chi connectivity index (χ0n) is 64.6. The average Bonchev–Trinajstić information content (AvgIpc) is 0.768. The van der Waals surface area contributed by atoms with Gasteiger partial charge in [0.25, 0.3) is 0 Å². The van der Waals surface area contributed by atoms with Crippen LogP contribution in [0.5, 0.6) is 17.2 Å². The second-order valence-electron chi connectivity index (χ2n) is 27.9. The summed E-state index contributed by atoms with van der Waals surface area (Å²) in [6, 6.07) is 13.1. The number of benzene rings is 3. The molecule has 104 heavy (non-hydrogen) atoms. The third-order valence-corrected chi connectivity index (χ3v) is 19.8. The molecule has 0 fully saturated rings. The SMILES string of the molecule is C=CC(=O)OCCCCCCCc1ccc(C(C)C)c(OP(=O)(Oc2c(C(C)C)ccc(CCCCCCCOC(=O)C=C)c2CCCCCCCOC(=O)C=C)Oc2c(C(C)C)ccc(CCCCCCCOC(=O)C=C)c2CCCCCCCOC(=O)C=C)c1CCCCCCCOC(=O)C=C. The number of carbonyl (C=O) groups is 6. The van der Waals surface area contributed by atoms with Crippen molar-refractivity contribution in [1.29, 1.82) is 0 Å². The number of rotatable bonds is 63. The lowest BCUT2D eigenvalue weighted by Gasteiger charge is -2.29. The summed E-state index contributed by atoms with van der Waals surface area (Å²) in [5.41, 5.74) is 8.93. The van der Waals surface area contributed by atoms with Crippen LogP contribution in [-0.2, 0) is 100 Å². The minimum atomic E-state index is -4.87. The highest BCUT2D eigenvalue weighted by atomic mass is 31.2. The van der Waals surface area contributed by atoms with Crippen molar-refractivity contribution in [2.75, 3.05) is 39.6 Å². The average molecular weight is 1460 g/mol. The lowest BCUT2D eigenvalue weighted by atomic mass is 9.90. The highest BCUT2D eigenvalue weighted by molar-refractivity contribution is 7.49. The van der Waals surface area contributed by atoms with E-state index in [2.05, 4.69) is 117 Å². The fraction of sp³-hybridized carbons (Fsp3) is 0.586. The zero-order valence-corrected chi connectivity index (χ0v) is 65.5. The number of esters is 6. The van der Waals surface area contributed by atoms with E-state index < -0.39 is 43.6 Å². The first-order chi connectivity index (χ1) is 50.3. The van der Waals surface area contributed by atoms with Gasteiger partial charge in [-0.15, -0.1) is 0 Å². The van der Waals surface area contributed by atoms with Gasteiger partial charge >= 0.3 is 43.6 Å². The van der Waals surface area contributed by atoms with Crippen LogP contribution in [0.2, 0.25) is 0 Å². The van der Waals surface area contributed by atoms with Crippen LogP contribution in [0.4, 0.5) is 0 Å². The van der Waals surface area contributed by atoms with Gasteiger partial charge in [0.05, 0.1) is 39.6 Å². The minimum absolute atomic E-state index is 0.0673. The second-order valence-corrected chi connectivity index (χ2v) is 29.3. The van der Waals surface area contributed by atoms with Gasteiger partial charge in [0, 0.05) is 36.5 Å². The van der Waals surface area contributed by atoms with Gasteiger partial charge in [-0.1, -0.05) is 233 Å². The van der Waals surface area contributed by atoms with Gasteiger partial charge < -0.3 is 42.0 Å². The van der Waals surface area contributed by atoms with Crippen molar-refractivity contribution < 1.29 is 75.3 Å². The van der Waals surface area contributed by atoms with Crippen LogP contribution in [0.25, 0.3) is 0 Å². The third-order valence-electron chi connectivity index (χ3n) is 18.6. The molecule has 0 N–H and O–H groups in total. The molecule has 0 saturated carbocycles. The Kier molecular flexibility index (Phi) is 48.1. The smallest absolute Gasteiger partial charge is 0.463 e. The second kappa shape index (κ2) is 55.1. The molecule has 17 heteroatoms. The predicted molar refractivity (Wildman–Crippen MR) is 419 cm³/mol. The number of phosphoric ester groups is 1. The summed E-state index contributed by atoms with van der Waals surface area (Å²) < 4.78 is 72.2. The predicted octanol–water partition coefficient (Wildman–Crippen LogP) is 22.0. The molecule has 0 radical (unpaired) electrons. The lowest BCUT2D eigenvalue weighted by Crippen LogP contribution is -2.16. The lowest BCUT2D eigenvalue weighted by molar-refractivity contribution is -0.138. The topological polar surface area (TPSA) is 203 Å². The molecule has 0 saturated heterocycles. The Morgan fingerprint density at radius 1 is 0.279 bits per heavy atom. The number of phosphoric acid groups is 1. The molecular formula is C87H129O16P. The molecule has 0 aliphatic rings. The van der Waals surface area contributed by atoms with Crippen molar-refractivity contribution in [3.63, 3.8) is 0 Å². The van der Waals surface area contributed by atoms with Crippen LogP contribution in [-0.4, -0.2) is 75.5 Å². The van der Waals surface area contributed by atoms with E-state index in [9.17, 15) is 28.8 Å². The Morgan fingerprint density at radius 2 is 0.452 bits per heavy atom. The molecule has 0 unspecified atom stereocenters. The maximum atomic E-state index is 17.7. The number of unbranched alkanes of at least 4 members (excludes halogenated alkanes) is 24. The van der Waals surface area contributed by atoms with E-state index in [0.717, 1.165) is 262 Å². The first kappa shape index (κ1) is 90.8. The van der Waals surface area contributed by atoms with Crippen molar-refractivity contribution in [2.45, 2.75) is 290 Å². The monoisotopic (exact) mass is 1460 g/mol. The van der Waals surface area contributed by atoms with Gasteiger partial charge in [-0.2, -0.15) is 4.57 Å². The summed E-state index contributed by atoms with van der Waals surface area (Å²) in [6.07, 6.45) is 37.3. The summed E-state index contributed by atoms with van der Waals surface area (Å²) in [5, 5.41) is 0. The van der Waals surface area contributed by atoms with Gasteiger partial charge in [0.1, 0.15) is 17.2 Å². The normalized spacial score (nSPS) is 11.2. The first-order valence-corrected chi connectivity index (χ1v) is 40.6. The molecule has 3 aromatic rings. The molecule has 3 aromatic carbocycles. The van der Waals surface area contributed by atoms with Crippen molar-refractivity contribution in [3.05, 3.63) is 162 Å². The Balaban J connectivity index is 2.43. The van der Waals surface area contributed by atoms with Crippen molar-refractivity contribution >= 4 is 43.6 Å². The van der Waals surface area contributed by atoms with Gasteiger partial charge in [0.2, 0.25) is 0 Å². The molecule has 3 rings (SSSR count). The van der Waals surface area contributed by atoms with Crippen LogP contribution in [0, 0.1) is 0 Å². The first-order valence-electron chi connectivity index (χ1n) is 39.1. The summed E-state index contributed by atoms with van der Waals surface area (Å²) in [4.78, 5) is 70.9.